The van der Waals surface area contributed by atoms with Crippen LogP contribution in [0.15, 0.2) is 63.8 Å². The number of rotatable bonds is 4. The van der Waals surface area contributed by atoms with E-state index in [1.807, 2.05) is 36.4 Å². The van der Waals surface area contributed by atoms with Gasteiger partial charge in [-0.05, 0) is 37.1 Å². The van der Waals surface area contributed by atoms with Crippen molar-refractivity contribution in [3.8, 4) is 11.3 Å². The average molecular weight is 557 g/mol. The van der Waals surface area contributed by atoms with Crippen LogP contribution in [0.1, 0.15) is 51.0 Å². The van der Waals surface area contributed by atoms with Gasteiger partial charge in [0.05, 0.1) is 16.4 Å². The molecule has 1 heterocycles. The van der Waals surface area contributed by atoms with Crippen molar-refractivity contribution in [2.75, 3.05) is 0 Å². The molecule has 5 nitrogen and oxygen atoms in total. The van der Waals surface area contributed by atoms with Gasteiger partial charge in [-0.15, -0.1) is 28.3 Å². The second-order valence-electron chi connectivity index (χ2n) is 7.91. The number of hydrogen-bond acceptors (Lipinski definition) is 4. The minimum absolute atomic E-state index is 0. The van der Waals surface area contributed by atoms with Crippen molar-refractivity contribution in [3.63, 3.8) is 0 Å². The largest absolute Gasteiger partial charge is 0.313 e. The Morgan fingerprint density at radius 1 is 1.00 bits per heavy atom. The normalized spacial score (nSPS) is 16.2. The van der Waals surface area contributed by atoms with Gasteiger partial charge in [-0.2, -0.15) is 0 Å². The SMILES string of the molecule is Br.NS(=O)(=O)c1cc(-c2cs/c(=N/c3ccccc3)n2C2CCCCCCC2)ccc1Cl. The first-order valence-corrected chi connectivity index (χ1v) is 13.4. The Morgan fingerprint density at radius 3 is 2.31 bits per heavy atom. The third kappa shape index (κ3) is 5.91. The molecule has 9 heteroatoms. The lowest BCUT2D eigenvalue weighted by atomic mass is 9.96. The molecule has 3 aromatic rings. The maximum Gasteiger partial charge on any atom is 0.239 e. The molecule has 1 saturated carbocycles. The van der Waals surface area contributed by atoms with Crippen LogP contribution in [0.25, 0.3) is 11.3 Å². The van der Waals surface area contributed by atoms with E-state index in [2.05, 4.69) is 9.95 Å². The van der Waals surface area contributed by atoms with E-state index < -0.39 is 10.0 Å². The molecule has 0 radical (unpaired) electrons. The molecule has 0 spiro atoms. The monoisotopic (exact) mass is 555 g/mol. The standard InChI is InChI=1S/C23H26ClN3O2S2.BrH/c24-20-14-13-17(15-22(20)31(25,28)29)21-16-30-23(26-18-9-5-4-6-10-18)27(21)19-11-7-2-1-3-8-12-19;/h4-6,9-10,13-16,19H,1-3,7-8,11-12H2,(H2,25,28,29);1H/b26-23+;. The van der Waals surface area contributed by atoms with Gasteiger partial charge < -0.3 is 4.57 Å². The van der Waals surface area contributed by atoms with E-state index in [0.29, 0.717) is 6.04 Å². The fraction of sp³-hybridized carbons (Fsp3) is 0.348. The van der Waals surface area contributed by atoms with E-state index in [-0.39, 0.29) is 26.9 Å². The van der Waals surface area contributed by atoms with Crippen LogP contribution in [-0.4, -0.2) is 13.0 Å². The first kappa shape index (κ1) is 25.2. The number of primary sulfonamides is 1. The summed E-state index contributed by atoms with van der Waals surface area (Å²) in [4.78, 5) is 5.78. The quantitative estimate of drug-likeness (QED) is 0.392. The number of hydrogen-bond donors (Lipinski definition) is 1. The minimum atomic E-state index is -3.92. The number of nitrogens with zero attached hydrogens (tertiary/aromatic N) is 2. The highest BCUT2D eigenvalue weighted by atomic mass is 79.9. The van der Waals surface area contributed by atoms with Crippen LogP contribution in [0.5, 0.6) is 0 Å². The van der Waals surface area contributed by atoms with Crippen LogP contribution in [-0.2, 0) is 10.0 Å². The Labute approximate surface area is 208 Å². The molecule has 1 aliphatic carbocycles. The molecule has 4 rings (SSSR count). The second-order valence-corrected chi connectivity index (χ2v) is 10.7. The summed E-state index contributed by atoms with van der Waals surface area (Å²) in [5.74, 6) is 0. The summed E-state index contributed by atoms with van der Waals surface area (Å²) in [6.45, 7) is 0. The number of sulfonamides is 1. The van der Waals surface area contributed by atoms with Crippen LogP contribution >= 0.6 is 39.9 Å². The first-order chi connectivity index (χ1) is 14.9. The van der Waals surface area contributed by atoms with Crippen molar-refractivity contribution in [1.29, 1.82) is 0 Å². The van der Waals surface area contributed by atoms with E-state index >= 15 is 0 Å². The molecule has 0 atom stereocenters. The molecule has 2 aromatic carbocycles. The van der Waals surface area contributed by atoms with Gasteiger partial charge >= 0.3 is 0 Å². The van der Waals surface area contributed by atoms with Crippen molar-refractivity contribution in [2.45, 2.75) is 55.9 Å². The molecular formula is C23H27BrClN3O2S2. The van der Waals surface area contributed by atoms with Gasteiger partial charge in [0.1, 0.15) is 4.90 Å². The fourth-order valence-electron chi connectivity index (χ4n) is 4.15. The van der Waals surface area contributed by atoms with Crippen molar-refractivity contribution in [2.24, 2.45) is 10.1 Å². The molecule has 172 valence electrons. The van der Waals surface area contributed by atoms with Gasteiger partial charge in [0.2, 0.25) is 10.0 Å². The highest BCUT2D eigenvalue weighted by Crippen LogP contribution is 2.33. The Hall–Kier alpha value is -1.45. The van der Waals surface area contributed by atoms with Crippen molar-refractivity contribution in [1.82, 2.24) is 4.57 Å². The summed E-state index contributed by atoms with van der Waals surface area (Å²) in [5.41, 5.74) is 2.63. The number of aromatic nitrogens is 1. The first-order valence-electron chi connectivity index (χ1n) is 10.6. The van der Waals surface area contributed by atoms with E-state index in [1.54, 1.807) is 23.5 Å². The van der Waals surface area contributed by atoms with Gasteiger partial charge in [-0.1, -0.05) is 68.0 Å². The molecular weight excluding hydrogens is 530 g/mol. The molecule has 1 fully saturated rings. The lowest BCUT2D eigenvalue weighted by Gasteiger charge is -2.24. The third-order valence-corrected chi connectivity index (χ3v) is 7.93. The maximum atomic E-state index is 12.0. The van der Waals surface area contributed by atoms with Crippen molar-refractivity contribution < 1.29 is 8.42 Å². The topological polar surface area (TPSA) is 77.5 Å². The Morgan fingerprint density at radius 2 is 1.66 bits per heavy atom. The van der Waals surface area contributed by atoms with Gasteiger partial charge in [-0.3, -0.25) is 0 Å². The zero-order valence-electron chi connectivity index (χ0n) is 17.6. The van der Waals surface area contributed by atoms with Crippen LogP contribution in [0.4, 0.5) is 5.69 Å². The molecule has 1 aromatic heterocycles. The smallest absolute Gasteiger partial charge is 0.239 e. The van der Waals surface area contributed by atoms with E-state index in [0.717, 1.165) is 34.6 Å². The lowest BCUT2D eigenvalue weighted by Crippen LogP contribution is -2.23. The van der Waals surface area contributed by atoms with E-state index in [4.69, 9.17) is 21.7 Å². The molecule has 32 heavy (non-hydrogen) atoms. The summed E-state index contributed by atoms with van der Waals surface area (Å²) in [5, 5.41) is 7.58. The molecule has 1 aliphatic rings. The van der Waals surface area contributed by atoms with Gasteiger partial charge in [0.15, 0.2) is 4.80 Å². The van der Waals surface area contributed by atoms with E-state index in [1.165, 1.54) is 32.1 Å². The number of nitrogens with two attached hydrogens (primary N) is 1. The number of para-hydroxylation sites is 1. The van der Waals surface area contributed by atoms with E-state index in [9.17, 15) is 8.42 Å². The van der Waals surface area contributed by atoms with Gasteiger partial charge in [0.25, 0.3) is 0 Å². The average Bonchev–Trinajstić information content (AvgIpc) is 3.11. The molecule has 0 saturated heterocycles. The summed E-state index contributed by atoms with van der Waals surface area (Å²) in [6, 6.07) is 15.3. The zero-order chi connectivity index (χ0) is 21.8. The predicted octanol–water partition coefficient (Wildman–Crippen LogP) is 6.61. The Kier molecular flexibility index (Phi) is 8.75. The van der Waals surface area contributed by atoms with Crippen LogP contribution in [0.3, 0.4) is 0 Å². The van der Waals surface area contributed by atoms with Crippen LogP contribution < -0.4 is 9.94 Å². The number of halogens is 2. The van der Waals surface area contributed by atoms with Gasteiger partial charge in [-0.25, -0.2) is 18.5 Å². The highest BCUT2D eigenvalue weighted by molar-refractivity contribution is 8.93. The summed E-state index contributed by atoms with van der Waals surface area (Å²) < 4.78 is 26.3. The maximum absolute atomic E-state index is 12.0. The van der Waals surface area contributed by atoms with Gasteiger partial charge in [0, 0.05) is 17.0 Å². The zero-order valence-corrected chi connectivity index (χ0v) is 21.7. The molecule has 0 amide bonds. The minimum Gasteiger partial charge on any atom is -0.313 e. The second kappa shape index (κ2) is 11.1. The molecule has 0 bridgehead atoms. The molecule has 2 N–H and O–H groups in total. The third-order valence-electron chi connectivity index (χ3n) is 5.70. The molecule has 0 aliphatic heterocycles. The highest BCUT2D eigenvalue weighted by Gasteiger charge is 2.21. The Bertz CT molecular complexity index is 1220. The fourth-order valence-corrected chi connectivity index (χ4v) is 6.21. The van der Waals surface area contributed by atoms with Crippen LogP contribution in [0.2, 0.25) is 5.02 Å². The van der Waals surface area contributed by atoms with Crippen molar-refractivity contribution in [3.05, 3.63) is 63.7 Å². The summed E-state index contributed by atoms with van der Waals surface area (Å²) >= 11 is 7.70. The summed E-state index contributed by atoms with van der Waals surface area (Å²) in [6.07, 6.45) is 8.32. The number of benzene rings is 2. The lowest BCUT2D eigenvalue weighted by molar-refractivity contribution is 0.369. The Balaban J connectivity index is 0.00000289. The molecule has 0 unspecified atom stereocenters. The number of thiazole rings is 1. The predicted molar refractivity (Wildman–Crippen MR) is 137 cm³/mol. The van der Waals surface area contributed by atoms with Crippen LogP contribution in [0, 0.1) is 0 Å². The summed E-state index contributed by atoms with van der Waals surface area (Å²) in [7, 11) is -3.92. The van der Waals surface area contributed by atoms with Crippen molar-refractivity contribution >= 4 is 55.6 Å².